The third-order valence-electron chi connectivity index (χ3n) is 4.75. The summed E-state index contributed by atoms with van der Waals surface area (Å²) in [5.74, 6) is 0.154. The van der Waals surface area contributed by atoms with Crippen molar-refractivity contribution in [1.82, 2.24) is 10.2 Å². The molecule has 5 heteroatoms. The molecule has 0 spiro atoms. The topological polar surface area (TPSA) is 41.6 Å². The van der Waals surface area contributed by atoms with E-state index in [-0.39, 0.29) is 30.5 Å². The Kier molecular flexibility index (Phi) is 8.60. The largest absolute Gasteiger partial charge is 0.365 e. The van der Waals surface area contributed by atoms with Crippen LogP contribution in [0.25, 0.3) is 0 Å². The predicted octanol–water partition coefficient (Wildman–Crippen LogP) is 2.75. The van der Waals surface area contributed by atoms with Crippen molar-refractivity contribution in [3.63, 3.8) is 0 Å². The van der Waals surface area contributed by atoms with Crippen LogP contribution in [0.1, 0.15) is 58.3 Å². The second-order valence-electron chi connectivity index (χ2n) is 6.32. The number of ether oxygens (including phenoxy) is 1. The average Bonchev–Trinajstić information content (AvgIpc) is 2.75. The van der Waals surface area contributed by atoms with E-state index in [0.717, 1.165) is 38.8 Å². The number of likely N-dealkylation sites (N-methyl/N-ethyl adjacent to an activating group) is 1. The molecule has 2 aliphatic rings. The number of nitrogens with one attached hydrogen (secondary N) is 1. The molecule has 2 rings (SSSR count). The van der Waals surface area contributed by atoms with Gasteiger partial charge < -0.3 is 15.0 Å². The standard InChI is InChI=1S/C16H30N2O2.ClH/c1-13(20-15-7-5-3-4-6-8-15)16(19)18(2)14-9-11-17-12-10-14;/h13-15,17H,3-12H2,1-2H3;1H. The van der Waals surface area contributed by atoms with Gasteiger partial charge in [0, 0.05) is 13.1 Å². The van der Waals surface area contributed by atoms with Gasteiger partial charge in [0.05, 0.1) is 6.10 Å². The van der Waals surface area contributed by atoms with Gasteiger partial charge >= 0.3 is 0 Å². The van der Waals surface area contributed by atoms with E-state index in [9.17, 15) is 4.79 Å². The van der Waals surface area contributed by atoms with E-state index in [1.807, 2.05) is 18.9 Å². The lowest BCUT2D eigenvalue weighted by molar-refractivity contribution is -0.148. The van der Waals surface area contributed by atoms with Gasteiger partial charge in [0.1, 0.15) is 6.10 Å². The second kappa shape index (κ2) is 9.65. The van der Waals surface area contributed by atoms with Gasteiger partial charge in [0.25, 0.3) is 5.91 Å². The Balaban J connectivity index is 0.00000220. The molecule has 1 aliphatic heterocycles. The van der Waals surface area contributed by atoms with Crippen LogP contribution in [0.5, 0.6) is 0 Å². The SMILES string of the molecule is CC(OC1CCCCCC1)C(=O)N(C)C1CCNCC1.Cl. The first-order chi connectivity index (χ1) is 9.68. The van der Waals surface area contributed by atoms with Gasteiger partial charge in [-0.15, -0.1) is 12.4 Å². The van der Waals surface area contributed by atoms with Crippen LogP contribution in [-0.2, 0) is 9.53 Å². The molecule has 1 saturated carbocycles. The van der Waals surface area contributed by atoms with E-state index >= 15 is 0 Å². The van der Waals surface area contributed by atoms with Crippen molar-refractivity contribution < 1.29 is 9.53 Å². The fourth-order valence-corrected chi connectivity index (χ4v) is 3.39. The third kappa shape index (κ3) is 5.76. The molecule has 0 aromatic carbocycles. The summed E-state index contributed by atoms with van der Waals surface area (Å²) in [5, 5.41) is 3.34. The zero-order valence-electron chi connectivity index (χ0n) is 13.5. The molecule has 0 aromatic heterocycles. The summed E-state index contributed by atoms with van der Waals surface area (Å²) in [5.41, 5.74) is 0. The van der Waals surface area contributed by atoms with E-state index in [1.54, 1.807) is 0 Å². The van der Waals surface area contributed by atoms with E-state index in [0.29, 0.717) is 6.04 Å². The molecule has 4 nitrogen and oxygen atoms in total. The summed E-state index contributed by atoms with van der Waals surface area (Å²) in [6.45, 7) is 3.95. The maximum atomic E-state index is 12.5. The summed E-state index contributed by atoms with van der Waals surface area (Å²) < 4.78 is 6.04. The molecule has 2 fully saturated rings. The first-order valence-corrected chi connectivity index (χ1v) is 8.31. The maximum Gasteiger partial charge on any atom is 0.251 e. The molecule has 1 aliphatic carbocycles. The lowest BCUT2D eigenvalue weighted by atomic mass is 10.0. The minimum Gasteiger partial charge on any atom is -0.365 e. The molecular weight excluding hydrogens is 288 g/mol. The van der Waals surface area contributed by atoms with Crippen LogP contribution in [0.2, 0.25) is 0 Å². The number of carbonyl (C=O) groups is 1. The number of hydrogen-bond donors (Lipinski definition) is 1. The first kappa shape index (κ1) is 18.7. The van der Waals surface area contributed by atoms with Crippen LogP contribution < -0.4 is 5.32 Å². The summed E-state index contributed by atoms with van der Waals surface area (Å²) in [6, 6.07) is 0.379. The normalized spacial score (nSPS) is 23.0. The molecule has 124 valence electrons. The second-order valence-corrected chi connectivity index (χ2v) is 6.32. The number of hydrogen-bond acceptors (Lipinski definition) is 3. The zero-order valence-corrected chi connectivity index (χ0v) is 14.3. The summed E-state index contributed by atoms with van der Waals surface area (Å²) >= 11 is 0. The lowest BCUT2D eigenvalue weighted by Gasteiger charge is -2.34. The van der Waals surface area contributed by atoms with Gasteiger partial charge in [-0.25, -0.2) is 0 Å². The van der Waals surface area contributed by atoms with Crippen molar-refractivity contribution in [2.24, 2.45) is 0 Å². The molecular formula is C16H31ClN2O2. The fourth-order valence-electron chi connectivity index (χ4n) is 3.39. The molecule has 1 unspecified atom stereocenters. The van der Waals surface area contributed by atoms with Crippen LogP contribution >= 0.6 is 12.4 Å². The highest BCUT2D eigenvalue weighted by Crippen LogP contribution is 2.22. The van der Waals surface area contributed by atoms with Crippen molar-refractivity contribution in [3.8, 4) is 0 Å². The van der Waals surface area contributed by atoms with Crippen molar-refractivity contribution in [2.45, 2.75) is 76.5 Å². The highest BCUT2D eigenvalue weighted by Gasteiger charge is 2.27. The van der Waals surface area contributed by atoms with Crippen LogP contribution in [0, 0.1) is 0 Å². The minimum absolute atomic E-state index is 0. The Morgan fingerprint density at radius 2 is 1.67 bits per heavy atom. The third-order valence-corrected chi connectivity index (χ3v) is 4.75. The van der Waals surface area contributed by atoms with E-state index in [4.69, 9.17) is 4.74 Å². The molecule has 0 aromatic rings. The minimum atomic E-state index is -0.294. The monoisotopic (exact) mass is 318 g/mol. The number of piperidine rings is 1. The first-order valence-electron chi connectivity index (χ1n) is 8.31. The summed E-state index contributed by atoms with van der Waals surface area (Å²) in [4.78, 5) is 14.4. The number of nitrogens with zero attached hydrogens (tertiary/aromatic N) is 1. The molecule has 1 amide bonds. The van der Waals surface area contributed by atoms with E-state index in [1.165, 1.54) is 25.7 Å². The van der Waals surface area contributed by atoms with Crippen molar-refractivity contribution >= 4 is 18.3 Å². The Morgan fingerprint density at radius 3 is 2.24 bits per heavy atom. The quantitative estimate of drug-likeness (QED) is 0.810. The van der Waals surface area contributed by atoms with E-state index in [2.05, 4.69) is 5.32 Å². The molecule has 0 bridgehead atoms. The van der Waals surface area contributed by atoms with Crippen molar-refractivity contribution in [3.05, 3.63) is 0 Å². The number of amides is 1. The number of halogens is 1. The van der Waals surface area contributed by atoms with Crippen LogP contribution in [0.15, 0.2) is 0 Å². The Hall–Kier alpha value is -0.320. The molecule has 21 heavy (non-hydrogen) atoms. The molecule has 0 radical (unpaired) electrons. The molecule has 1 saturated heterocycles. The zero-order chi connectivity index (χ0) is 14.4. The van der Waals surface area contributed by atoms with Crippen molar-refractivity contribution in [2.75, 3.05) is 20.1 Å². The fraction of sp³-hybridized carbons (Fsp3) is 0.938. The van der Waals surface area contributed by atoms with Crippen LogP contribution in [0.3, 0.4) is 0 Å². The highest BCUT2D eigenvalue weighted by atomic mass is 35.5. The van der Waals surface area contributed by atoms with Crippen LogP contribution in [-0.4, -0.2) is 49.2 Å². The Labute approximate surface area is 135 Å². The van der Waals surface area contributed by atoms with Crippen LogP contribution in [0.4, 0.5) is 0 Å². The average molecular weight is 319 g/mol. The van der Waals surface area contributed by atoms with Gasteiger partial charge in [0.15, 0.2) is 0 Å². The van der Waals surface area contributed by atoms with Gasteiger partial charge in [0.2, 0.25) is 0 Å². The Morgan fingerprint density at radius 1 is 1.10 bits per heavy atom. The smallest absolute Gasteiger partial charge is 0.251 e. The highest BCUT2D eigenvalue weighted by molar-refractivity contribution is 5.85. The van der Waals surface area contributed by atoms with Gasteiger partial charge in [-0.3, -0.25) is 4.79 Å². The number of rotatable bonds is 4. The van der Waals surface area contributed by atoms with Gasteiger partial charge in [-0.2, -0.15) is 0 Å². The summed E-state index contributed by atoms with van der Waals surface area (Å²) in [6.07, 6.45) is 9.47. The van der Waals surface area contributed by atoms with E-state index < -0.39 is 0 Å². The predicted molar refractivity (Wildman–Crippen MR) is 87.9 cm³/mol. The molecule has 1 N–H and O–H groups in total. The lowest BCUT2D eigenvalue weighted by Crippen LogP contribution is -2.47. The molecule has 1 heterocycles. The summed E-state index contributed by atoms with van der Waals surface area (Å²) in [7, 11) is 1.94. The van der Waals surface area contributed by atoms with Gasteiger partial charge in [-0.1, -0.05) is 25.7 Å². The number of carbonyl (C=O) groups excluding carboxylic acids is 1. The molecule has 1 atom stereocenters. The van der Waals surface area contributed by atoms with Gasteiger partial charge in [-0.05, 0) is 45.7 Å². The van der Waals surface area contributed by atoms with Crippen molar-refractivity contribution in [1.29, 1.82) is 0 Å². The Bertz CT molecular complexity index is 301. The maximum absolute atomic E-state index is 12.5.